The molecule has 0 spiro atoms. The molecule has 0 saturated heterocycles. The molecule has 24 heavy (non-hydrogen) atoms. The molecule has 0 heterocycles. The van der Waals surface area contributed by atoms with Gasteiger partial charge in [0, 0.05) is 5.41 Å². The van der Waals surface area contributed by atoms with Gasteiger partial charge < -0.3 is 4.74 Å². The van der Waals surface area contributed by atoms with E-state index in [4.69, 9.17) is 4.74 Å². The van der Waals surface area contributed by atoms with Gasteiger partial charge in [-0.05, 0) is 38.0 Å². The Morgan fingerprint density at radius 1 is 1.00 bits per heavy atom. The van der Waals surface area contributed by atoms with Crippen LogP contribution in [0.1, 0.15) is 61.0 Å². The number of rotatable bonds is 4. The van der Waals surface area contributed by atoms with Crippen LogP contribution < -0.4 is 0 Å². The Labute approximate surface area is 146 Å². The van der Waals surface area contributed by atoms with E-state index in [1.165, 1.54) is 6.92 Å². The number of benzene rings is 1. The summed E-state index contributed by atoms with van der Waals surface area (Å²) < 4.78 is 19.6. The Morgan fingerprint density at radius 2 is 1.50 bits per heavy atom. The molecule has 134 valence electrons. The third-order valence-electron chi connectivity index (χ3n) is 3.84. The molecule has 1 aromatic carbocycles. The maximum Gasteiger partial charge on any atom is 0.349 e. The summed E-state index contributed by atoms with van der Waals surface area (Å²) in [6.45, 7) is 13.9. The van der Waals surface area contributed by atoms with E-state index in [-0.39, 0.29) is 0 Å². The third-order valence-corrected chi connectivity index (χ3v) is 3.84. The van der Waals surface area contributed by atoms with Gasteiger partial charge in [-0.1, -0.05) is 71.0 Å². The zero-order valence-electron chi connectivity index (χ0n) is 16.2. The van der Waals surface area contributed by atoms with Gasteiger partial charge in [0.2, 0.25) is 5.67 Å². The molecule has 0 amide bonds. The number of alkyl halides is 1. The fourth-order valence-electron chi connectivity index (χ4n) is 1.62. The molecule has 2 nitrogen and oxygen atoms in total. The van der Waals surface area contributed by atoms with Gasteiger partial charge in [-0.25, -0.2) is 9.18 Å². The molecule has 0 N–H and O–H groups in total. The van der Waals surface area contributed by atoms with E-state index in [1.54, 1.807) is 33.8 Å². The van der Waals surface area contributed by atoms with Gasteiger partial charge in [-0.3, -0.25) is 0 Å². The van der Waals surface area contributed by atoms with Gasteiger partial charge in [0.05, 0.1) is 0 Å². The summed E-state index contributed by atoms with van der Waals surface area (Å²) in [6, 6.07) is 9.87. The minimum Gasteiger partial charge on any atom is -0.429 e. The molecule has 0 aromatic heterocycles. The standard InChI is InChI=1S/C19H25FO2.C2H6/c1-14(16-10-8-7-9-11-16)12-13-15(2)22-17(21)19(6,20)18(3,4)5;1-2/h7-13H,1-6H3;1-2H3/b14-12+,15-13+;. The van der Waals surface area contributed by atoms with Crippen LogP contribution in [0.25, 0.3) is 5.57 Å². The number of esters is 1. The monoisotopic (exact) mass is 334 g/mol. The van der Waals surface area contributed by atoms with Gasteiger partial charge in [0.25, 0.3) is 0 Å². The summed E-state index contributed by atoms with van der Waals surface area (Å²) >= 11 is 0. The summed E-state index contributed by atoms with van der Waals surface area (Å²) in [7, 11) is 0. The number of hydrogen-bond donors (Lipinski definition) is 0. The Kier molecular flexibility index (Phi) is 8.66. The van der Waals surface area contributed by atoms with Crippen molar-refractivity contribution < 1.29 is 13.9 Å². The largest absolute Gasteiger partial charge is 0.429 e. The van der Waals surface area contributed by atoms with E-state index in [0.717, 1.165) is 11.1 Å². The van der Waals surface area contributed by atoms with Crippen molar-refractivity contribution in [3.63, 3.8) is 0 Å². The summed E-state index contributed by atoms with van der Waals surface area (Å²) in [4.78, 5) is 12.0. The fourth-order valence-corrected chi connectivity index (χ4v) is 1.62. The van der Waals surface area contributed by atoms with Crippen molar-refractivity contribution in [2.24, 2.45) is 5.41 Å². The van der Waals surface area contributed by atoms with Crippen LogP contribution in [-0.2, 0) is 9.53 Å². The summed E-state index contributed by atoms with van der Waals surface area (Å²) in [5, 5.41) is 0. The Bertz CT molecular complexity index is 576. The third kappa shape index (κ3) is 6.31. The van der Waals surface area contributed by atoms with Crippen LogP contribution in [-0.4, -0.2) is 11.6 Å². The minimum absolute atomic E-state index is 0.369. The average molecular weight is 334 g/mol. The zero-order valence-corrected chi connectivity index (χ0v) is 16.2. The van der Waals surface area contributed by atoms with E-state index in [9.17, 15) is 9.18 Å². The topological polar surface area (TPSA) is 26.3 Å². The fraction of sp³-hybridized carbons (Fsp3) is 0.476. The van der Waals surface area contributed by atoms with Crippen LogP contribution >= 0.6 is 0 Å². The smallest absolute Gasteiger partial charge is 0.349 e. The maximum absolute atomic E-state index is 14.5. The molecule has 1 aromatic rings. The number of halogens is 1. The van der Waals surface area contributed by atoms with E-state index in [1.807, 2.05) is 57.2 Å². The van der Waals surface area contributed by atoms with Crippen molar-refractivity contribution in [2.75, 3.05) is 0 Å². The van der Waals surface area contributed by atoms with Crippen LogP contribution in [0.4, 0.5) is 4.39 Å². The highest BCUT2D eigenvalue weighted by molar-refractivity contribution is 5.81. The van der Waals surface area contributed by atoms with Gasteiger partial charge in [-0.2, -0.15) is 0 Å². The lowest BCUT2D eigenvalue weighted by Gasteiger charge is -2.31. The van der Waals surface area contributed by atoms with Crippen molar-refractivity contribution in [3.05, 3.63) is 53.8 Å². The lowest BCUT2D eigenvalue weighted by Crippen LogP contribution is -2.44. The Morgan fingerprint density at radius 3 is 1.96 bits per heavy atom. The van der Waals surface area contributed by atoms with Gasteiger partial charge in [-0.15, -0.1) is 0 Å². The summed E-state index contributed by atoms with van der Waals surface area (Å²) in [5.41, 5.74) is -0.738. The van der Waals surface area contributed by atoms with Crippen LogP contribution in [0.15, 0.2) is 48.2 Å². The van der Waals surface area contributed by atoms with Gasteiger partial charge in [0.1, 0.15) is 5.76 Å². The number of carbonyl (C=O) groups excluding carboxylic acids is 1. The van der Waals surface area contributed by atoms with Crippen LogP contribution in [0.2, 0.25) is 0 Å². The quantitative estimate of drug-likeness (QED) is 0.365. The highest BCUT2D eigenvalue weighted by Gasteiger charge is 2.46. The first-order valence-corrected chi connectivity index (χ1v) is 8.37. The normalized spacial score (nSPS) is 15.0. The van der Waals surface area contributed by atoms with Crippen molar-refractivity contribution in [1.29, 1.82) is 0 Å². The van der Waals surface area contributed by atoms with Crippen molar-refractivity contribution in [2.45, 2.75) is 61.1 Å². The first-order valence-electron chi connectivity index (χ1n) is 8.37. The Balaban J connectivity index is 0.00000254. The van der Waals surface area contributed by atoms with Crippen LogP contribution in [0.5, 0.6) is 0 Å². The predicted octanol–water partition coefficient (Wildman–Crippen LogP) is 6.34. The lowest BCUT2D eigenvalue weighted by atomic mass is 9.79. The van der Waals surface area contributed by atoms with Crippen molar-refractivity contribution in [3.8, 4) is 0 Å². The second-order valence-corrected chi connectivity index (χ2v) is 6.64. The molecule has 0 bridgehead atoms. The van der Waals surface area contributed by atoms with Gasteiger partial charge in [0.15, 0.2) is 0 Å². The first kappa shape index (κ1) is 22.1. The number of allylic oxidation sites excluding steroid dienone is 4. The summed E-state index contributed by atoms with van der Waals surface area (Å²) in [6.07, 6.45) is 3.53. The molecule has 3 heteroatoms. The molecular formula is C21H31FO2. The molecule has 1 rings (SSSR count). The van der Waals surface area contributed by atoms with Crippen LogP contribution in [0, 0.1) is 5.41 Å². The predicted molar refractivity (Wildman–Crippen MR) is 100 cm³/mol. The molecule has 0 aliphatic carbocycles. The molecule has 1 atom stereocenters. The van der Waals surface area contributed by atoms with E-state index >= 15 is 0 Å². The molecule has 0 fully saturated rings. The summed E-state index contributed by atoms with van der Waals surface area (Å²) in [5.74, 6) is -0.493. The molecule has 1 unspecified atom stereocenters. The second-order valence-electron chi connectivity index (χ2n) is 6.64. The maximum atomic E-state index is 14.5. The average Bonchev–Trinajstić information content (AvgIpc) is 2.54. The second kappa shape index (κ2) is 9.41. The lowest BCUT2D eigenvalue weighted by molar-refractivity contribution is -0.159. The van der Waals surface area contributed by atoms with E-state index in [0.29, 0.717) is 5.76 Å². The van der Waals surface area contributed by atoms with E-state index in [2.05, 4.69) is 0 Å². The molecule has 0 radical (unpaired) electrons. The van der Waals surface area contributed by atoms with E-state index < -0.39 is 17.1 Å². The number of hydrogen-bond acceptors (Lipinski definition) is 2. The number of carbonyl (C=O) groups is 1. The highest BCUT2D eigenvalue weighted by atomic mass is 19.1. The van der Waals surface area contributed by atoms with Crippen molar-refractivity contribution >= 4 is 11.5 Å². The van der Waals surface area contributed by atoms with Crippen LogP contribution in [0.3, 0.4) is 0 Å². The Hall–Kier alpha value is -1.90. The molecule has 0 aliphatic rings. The SMILES string of the molecule is C/C(=C\C=C(/C)c1ccccc1)OC(=O)C(C)(F)C(C)(C)C.CC. The molecule has 0 aliphatic heterocycles. The van der Waals surface area contributed by atoms with Gasteiger partial charge >= 0.3 is 5.97 Å². The number of ether oxygens (including phenoxy) is 1. The highest BCUT2D eigenvalue weighted by Crippen LogP contribution is 2.35. The molecule has 0 saturated carbocycles. The zero-order chi connectivity index (χ0) is 19.0. The molecular weight excluding hydrogens is 303 g/mol. The first-order chi connectivity index (χ1) is 11.1. The minimum atomic E-state index is -2.04. The van der Waals surface area contributed by atoms with Crippen molar-refractivity contribution in [1.82, 2.24) is 0 Å².